The Labute approximate surface area is 119 Å². The molecule has 5 nitrogen and oxygen atoms in total. The number of hydrogen-bond donors (Lipinski definition) is 2. The van der Waals surface area contributed by atoms with E-state index in [4.69, 9.17) is 19.7 Å². The maximum absolute atomic E-state index is 5.65. The molecule has 1 aromatic heterocycles. The van der Waals surface area contributed by atoms with E-state index in [1.54, 1.807) is 26.7 Å². The molecule has 0 amide bonds. The van der Waals surface area contributed by atoms with Crippen LogP contribution < -0.4 is 20.7 Å². The molecule has 0 aliphatic heterocycles. The normalized spacial score (nSPS) is 12.2. The van der Waals surface area contributed by atoms with Gasteiger partial charge in [0.05, 0.1) is 32.8 Å². The fourth-order valence-corrected chi connectivity index (χ4v) is 2.64. The smallest absolute Gasteiger partial charge is 0.141 e. The predicted octanol–water partition coefficient (Wildman–Crippen LogP) is 2.61. The summed E-state index contributed by atoms with van der Waals surface area (Å²) in [6.07, 6.45) is 3.24. The van der Waals surface area contributed by atoms with Crippen LogP contribution in [0.25, 0.3) is 0 Å². The van der Waals surface area contributed by atoms with Gasteiger partial charge in [-0.25, -0.2) is 5.43 Å². The maximum atomic E-state index is 5.65. The number of nitrogens with one attached hydrogen (secondary N) is 1. The summed E-state index contributed by atoms with van der Waals surface area (Å²) >= 11 is 3.47. The van der Waals surface area contributed by atoms with Gasteiger partial charge in [-0.05, 0) is 34.1 Å². The van der Waals surface area contributed by atoms with Crippen LogP contribution in [-0.2, 0) is 0 Å². The van der Waals surface area contributed by atoms with Crippen LogP contribution in [0.4, 0.5) is 0 Å². The minimum absolute atomic E-state index is 0.226. The molecule has 1 atom stereocenters. The molecular formula is C13H15BrN2O3. The van der Waals surface area contributed by atoms with E-state index < -0.39 is 0 Å². The third kappa shape index (κ3) is 2.60. The van der Waals surface area contributed by atoms with Crippen molar-refractivity contribution in [3.63, 3.8) is 0 Å². The molecule has 0 saturated carbocycles. The predicted molar refractivity (Wildman–Crippen MR) is 75.1 cm³/mol. The molecule has 2 rings (SSSR count). The summed E-state index contributed by atoms with van der Waals surface area (Å²) in [5, 5.41) is 0. The van der Waals surface area contributed by atoms with Gasteiger partial charge in [-0.1, -0.05) is 0 Å². The van der Waals surface area contributed by atoms with Crippen LogP contribution in [0, 0.1) is 0 Å². The van der Waals surface area contributed by atoms with E-state index in [-0.39, 0.29) is 6.04 Å². The Hall–Kier alpha value is -1.50. The van der Waals surface area contributed by atoms with Crippen LogP contribution in [0.1, 0.15) is 17.2 Å². The molecule has 0 saturated heterocycles. The van der Waals surface area contributed by atoms with Crippen LogP contribution in [0.5, 0.6) is 11.5 Å². The molecule has 0 aliphatic carbocycles. The average molecular weight is 327 g/mol. The first kappa shape index (κ1) is 13.9. The molecule has 0 aliphatic rings. The summed E-state index contributed by atoms with van der Waals surface area (Å²) in [4.78, 5) is 0. The van der Waals surface area contributed by atoms with E-state index in [9.17, 15) is 0 Å². The van der Waals surface area contributed by atoms with Crippen LogP contribution in [0.15, 0.2) is 39.6 Å². The quantitative estimate of drug-likeness (QED) is 0.653. The van der Waals surface area contributed by atoms with Gasteiger partial charge in [-0.3, -0.25) is 5.84 Å². The fraction of sp³-hybridized carbons (Fsp3) is 0.231. The van der Waals surface area contributed by atoms with Crippen molar-refractivity contribution in [2.75, 3.05) is 14.2 Å². The summed E-state index contributed by atoms with van der Waals surface area (Å²) in [7, 11) is 3.21. The Morgan fingerprint density at radius 1 is 1.26 bits per heavy atom. The standard InChI is InChI=1S/C13H15BrN2O3/c1-17-10-4-3-9(13(18-2)11(10)14)12(16-15)8-5-6-19-7-8/h3-7,12,16H,15H2,1-2H3. The van der Waals surface area contributed by atoms with Gasteiger partial charge in [0, 0.05) is 11.1 Å². The van der Waals surface area contributed by atoms with E-state index >= 15 is 0 Å². The van der Waals surface area contributed by atoms with E-state index in [0.717, 1.165) is 15.6 Å². The van der Waals surface area contributed by atoms with E-state index in [1.807, 2.05) is 18.2 Å². The van der Waals surface area contributed by atoms with Gasteiger partial charge >= 0.3 is 0 Å². The zero-order valence-corrected chi connectivity index (χ0v) is 12.2. The number of hydrogen-bond acceptors (Lipinski definition) is 5. The first-order valence-corrected chi connectivity index (χ1v) is 6.40. The van der Waals surface area contributed by atoms with Gasteiger partial charge in [-0.2, -0.15) is 0 Å². The molecule has 19 heavy (non-hydrogen) atoms. The summed E-state index contributed by atoms with van der Waals surface area (Å²) in [5.74, 6) is 7.01. The molecule has 6 heteroatoms. The van der Waals surface area contributed by atoms with Gasteiger partial charge in [-0.15, -0.1) is 0 Å². The van der Waals surface area contributed by atoms with Gasteiger partial charge in [0.15, 0.2) is 0 Å². The average Bonchev–Trinajstić information content (AvgIpc) is 2.94. The highest BCUT2D eigenvalue weighted by atomic mass is 79.9. The lowest BCUT2D eigenvalue weighted by atomic mass is 10.0. The number of ether oxygens (including phenoxy) is 2. The number of furan rings is 1. The van der Waals surface area contributed by atoms with Crippen molar-refractivity contribution < 1.29 is 13.9 Å². The molecule has 0 spiro atoms. The second-order valence-electron chi connectivity index (χ2n) is 3.86. The van der Waals surface area contributed by atoms with Crippen LogP contribution in [0.2, 0.25) is 0 Å². The zero-order chi connectivity index (χ0) is 13.8. The molecule has 3 N–H and O–H groups in total. The van der Waals surface area contributed by atoms with Crippen LogP contribution >= 0.6 is 15.9 Å². The van der Waals surface area contributed by atoms with Gasteiger partial charge in [0.1, 0.15) is 16.0 Å². The molecule has 0 radical (unpaired) electrons. The number of rotatable bonds is 5. The Bertz CT molecular complexity index is 543. The topological polar surface area (TPSA) is 69.7 Å². The highest BCUT2D eigenvalue weighted by molar-refractivity contribution is 9.10. The number of methoxy groups -OCH3 is 2. The number of nitrogens with two attached hydrogens (primary N) is 1. The molecule has 0 bridgehead atoms. The lowest BCUT2D eigenvalue weighted by molar-refractivity contribution is 0.382. The Morgan fingerprint density at radius 2 is 2.05 bits per heavy atom. The van der Waals surface area contributed by atoms with Crippen molar-refractivity contribution in [3.8, 4) is 11.5 Å². The van der Waals surface area contributed by atoms with Crippen LogP contribution in [0.3, 0.4) is 0 Å². The molecule has 2 aromatic rings. The van der Waals surface area contributed by atoms with Crippen LogP contribution in [-0.4, -0.2) is 14.2 Å². The van der Waals surface area contributed by atoms with Gasteiger partial charge < -0.3 is 13.9 Å². The van der Waals surface area contributed by atoms with E-state index in [0.29, 0.717) is 11.5 Å². The summed E-state index contributed by atoms with van der Waals surface area (Å²) in [5.41, 5.74) is 4.56. The van der Waals surface area contributed by atoms with Crippen molar-refractivity contribution in [1.29, 1.82) is 0 Å². The minimum atomic E-state index is -0.226. The molecule has 1 heterocycles. The second-order valence-corrected chi connectivity index (χ2v) is 4.65. The molecule has 1 unspecified atom stereocenters. The third-order valence-corrected chi connectivity index (χ3v) is 3.62. The van der Waals surface area contributed by atoms with Crippen molar-refractivity contribution in [3.05, 3.63) is 46.3 Å². The molecular weight excluding hydrogens is 312 g/mol. The number of benzene rings is 1. The second kappa shape index (κ2) is 6.10. The molecule has 1 aromatic carbocycles. The van der Waals surface area contributed by atoms with E-state index in [1.165, 1.54) is 0 Å². The first-order chi connectivity index (χ1) is 9.22. The minimum Gasteiger partial charge on any atom is -0.495 e. The zero-order valence-electron chi connectivity index (χ0n) is 10.6. The lowest BCUT2D eigenvalue weighted by Crippen LogP contribution is -2.28. The van der Waals surface area contributed by atoms with Gasteiger partial charge in [0.2, 0.25) is 0 Å². The summed E-state index contributed by atoms with van der Waals surface area (Å²) in [6.45, 7) is 0. The van der Waals surface area contributed by atoms with Crippen molar-refractivity contribution in [2.45, 2.75) is 6.04 Å². The van der Waals surface area contributed by atoms with Crippen molar-refractivity contribution in [1.82, 2.24) is 5.43 Å². The Morgan fingerprint density at radius 3 is 2.58 bits per heavy atom. The highest BCUT2D eigenvalue weighted by Gasteiger charge is 2.21. The lowest BCUT2D eigenvalue weighted by Gasteiger charge is -2.20. The SMILES string of the molecule is COc1ccc(C(NN)c2ccoc2)c(OC)c1Br. The first-order valence-electron chi connectivity index (χ1n) is 5.61. The Balaban J connectivity index is 2.52. The van der Waals surface area contributed by atoms with Crippen molar-refractivity contribution >= 4 is 15.9 Å². The fourth-order valence-electron chi connectivity index (χ4n) is 1.95. The number of hydrazine groups is 1. The van der Waals surface area contributed by atoms with Gasteiger partial charge in [0.25, 0.3) is 0 Å². The highest BCUT2D eigenvalue weighted by Crippen LogP contribution is 2.41. The monoisotopic (exact) mass is 326 g/mol. The van der Waals surface area contributed by atoms with E-state index in [2.05, 4.69) is 21.4 Å². The largest absolute Gasteiger partial charge is 0.495 e. The van der Waals surface area contributed by atoms with Crippen molar-refractivity contribution in [2.24, 2.45) is 5.84 Å². The maximum Gasteiger partial charge on any atom is 0.141 e. The summed E-state index contributed by atoms with van der Waals surface area (Å²) in [6, 6.07) is 5.38. The Kier molecular flexibility index (Phi) is 4.47. The number of halogens is 1. The molecule has 0 fully saturated rings. The third-order valence-electron chi connectivity index (χ3n) is 2.87. The summed E-state index contributed by atoms with van der Waals surface area (Å²) < 4.78 is 16.5. The molecule has 102 valence electrons.